The van der Waals surface area contributed by atoms with Crippen LogP contribution in [-0.4, -0.2) is 37.6 Å². The first-order valence-corrected chi connectivity index (χ1v) is 10.4. The highest BCUT2D eigenvalue weighted by molar-refractivity contribution is 5.82. The molecule has 1 amide bonds. The number of rotatable bonds is 10. The van der Waals surface area contributed by atoms with Gasteiger partial charge in [0.2, 0.25) is 5.91 Å². The molecule has 0 fully saturated rings. The van der Waals surface area contributed by atoms with E-state index in [0.717, 1.165) is 17.7 Å². The number of carbonyl (C=O) groups is 3. The number of carbonyl (C=O) groups excluding carboxylic acids is 3. The first-order chi connectivity index (χ1) is 15.6. The van der Waals surface area contributed by atoms with Gasteiger partial charge in [-0.1, -0.05) is 36.4 Å². The van der Waals surface area contributed by atoms with Gasteiger partial charge in [-0.3, -0.25) is 14.4 Å². The molecule has 6 nitrogen and oxygen atoms in total. The van der Waals surface area contributed by atoms with Gasteiger partial charge in [-0.2, -0.15) is 13.2 Å². The molecule has 0 bridgehead atoms. The fourth-order valence-corrected chi connectivity index (χ4v) is 3.21. The van der Waals surface area contributed by atoms with Crippen molar-refractivity contribution in [2.75, 3.05) is 13.7 Å². The molecule has 2 rings (SSSR count). The Kier molecular flexibility index (Phi) is 9.44. The summed E-state index contributed by atoms with van der Waals surface area (Å²) in [5.74, 6) is -1.40. The summed E-state index contributed by atoms with van der Waals surface area (Å²) in [6.45, 7) is 1.88. The molecule has 0 aromatic heterocycles. The van der Waals surface area contributed by atoms with Crippen LogP contribution in [0.5, 0.6) is 0 Å². The van der Waals surface area contributed by atoms with Crippen LogP contribution in [0.15, 0.2) is 48.5 Å². The number of hydrogen-bond donors (Lipinski definition) is 1. The lowest BCUT2D eigenvalue weighted by molar-refractivity contribution is -0.144. The Hall–Kier alpha value is -3.36. The van der Waals surface area contributed by atoms with Gasteiger partial charge in [0.25, 0.3) is 0 Å². The van der Waals surface area contributed by atoms with Crippen molar-refractivity contribution in [1.29, 1.82) is 0 Å². The Morgan fingerprint density at radius 2 is 1.67 bits per heavy atom. The third kappa shape index (κ3) is 8.59. The van der Waals surface area contributed by atoms with E-state index in [1.165, 1.54) is 13.2 Å². The predicted molar refractivity (Wildman–Crippen MR) is 115 cm³/mol. The summed E-state index contributed by atoms with van der Waals surface area (Å²) in [5.41, 5.74) is 1.08. The van der Waals surface area contributed by atoms with Gasteiger partial charge in [0.15, 0.2) is 0 Å². The third-order valence-corrected chi connectivity index (χ3v) is 4.83. The van der Waals surface area contributed by atoms with Crippen LogP contribution in [-0.2, 0) is 36.5 Å². The van der Waals surface area contributed by atoms with E-state index >= 15 is 0 Å². The van der Waals surface area contributed by atoms with Gasteiger partial charge in [-0.05, 0) is 42.2 Å². The number of hydrogen-bond acceptors (Lipinski definition) is 5. The van der Waals surface area contributed by atoms with Gasteiger partial charge in [-0.25, -0.2) is 0 Å². The van der Waals surface area contributed by atoms with E-state index in [-0.39, 0.29) is 25.9 Å². The van der Waals surface area contributed by atoms with Crippen LogP contribution < -0.4 is 5.32 Å². The SMILES string of the molecule is CCOC(=O)CC(Cc1ccc(-c2cccc(C(F)(F)F)c2)cc1)NC(=O)CCC(=O)OC. The molecule has 2 aromatic carbocycles. The molecular formula is C24H26F3NO5. The van der Waals surface area contributed by atoms with E-state index in [0.29, 0.717) is 17.5 Å². The van der Waals surface area contributed by atoms with Crippen molar-refractivity contribution < 1.29 is 37.0 Å². The zero-order valence-electron chi connectivity index (χ0n) is 18.4. The van der Waals surface area contributed by atoms with Crippen molar-refractivity contribution in [2.24, 2.45) is 0 Å². The van der Waals surface area contributed by atoms with E-state index in [1.54, 1.807) is 37.3 Å². The summed E-state index contributed by atoms with van der Waals surface area (Å²) < 4.78 is 48.4. The van der Waals surface area contributed by atoms with Gasteiger partial charge < -0.3 is 14.8 Å². The number of nitrogens with one attached hydrogen (secondary N) is 1. The highest BCUT2D eigenvalue weighted by Crippen LogP contribution is 2.32. The molecule has 0 saturated carbocycles. The number of methoxy groups -OCH3 is 1. The molecule has 0 aliphatic rings. The second kappa shape index (κ2) is 12.0. The Morgan fingerprint density at radius 3 is 2.27 bits per heavy atom. The van der Waals surface area contributed by atoms with Crippen molar-refractivity contribution in [1.82, 2.24) is 5.32 Å². The fraction of sp³-hybridized carbons (Fsp3) is 0.375. The van der Waals surface area contributed by atoms with Gasteiger partial charge in [0.1, 0.15) is 0 Å². The zero-order chi connectivity index (χ0) is 24.4. The maximum absolute atomic E-state index is 13.0. The van der Waals surface area contributed by atoms with Crippen LogP contribution in [0.4, 0.5) is 13.2 Å². The van der Waals surface area contributed by atoms with Crippen LogP contribution in [0.2, 0.25) is 0 Å². The van der Waals surface area contributed by atoms with E-state index in [9.17, 15) is 27.6 Å². The molecule has 1 atom stereocenters. The standard InChI is InChI=1S/C24H26F3NO5/c1-3-33-23(31)15-20(28-21(29)11-12-22(30)32-2)13-16-7-9-17(10-8-16)18-5-4-6-19(14-18)24(25,26)27/h4-10,14,20H,3,11-13,15H2,1-2H3,(H,28,29). The number of halogens is 3. The number of amides is 1. The summed E-state index contributed by atoms with van der Waals surface area (Å²) in [6, 6.07) is 11.3. The third-order valence-electron chi connectivity index (χ3n) is 4.83. The lowest BCUT2D eigenvalue weighted by Crippen LogP contribution is -2.38. The topological polar surface area (TPSA) is 81.7 Å². The summed E-state index contributed by atoms with van der Waals surface area (Å²) in [7, 11) is 1.23. The molecule has 0 spiro atoms. The summed E-state index contributed by atoms with van der Waals surface area (Å²) in [4.78, 5) is 35.4. The Morgan fingerprint density at radius 1 is 0.970 bits per heavy atom. The van der Waals surface area contributed by atoms with Gasteiger partial charge >= 0.3 is 18.1 Å². The average Bonchev–Trinajstić information content (AvgIpc) is 2.77. The quantitative estimate of drug-likeness (QED) is 0.529. The molecule has 1 unspecified atom stereocenters. The molecule has 33 heavy (non-hydrogen) atoms. The lowest BCUT2D eigenvalue weighted by atomic mass is 9.98. The van der Waals surface area contributed by atoms with Crippen molar-refractivity contribution in [3.05, 3.63) is 59.7 Å². The molecule has 0 aliphatic heterocycles. The molecule has 9 heteroatoms. The van der Waals surface area contributed by atoms with Gasteiger partial charge in [0, 0.05) is 12.5 Å². The smallest absolute Gasteiger partial charge is 0.416 e. The minimum Gasteiger partial charge on any atom is -0.469 e. The second-order valence-corrected chi connectivity index (χ2v) is 7.33. The normalized spacial score (nSPS) is 12.0. The van der Waals surface area contributed by atoms with Crippen LogP contribution in [0.3, 0.4) is 0 Å². The molecule has 0 radical (unpaired) electrons. The van der Waals surface area contributed by atoms with E-state index in [1.807, 2.05) is 0 Å². The molecule has 0 aliphatic carbocycles. The van der Waals surface area contributed by atoms with Crippen LogP contribution in [0.25, 0.3) is 11.1 Å². The van der Waals surface area contributed by atoms with E-state index < -0.39 is 35.6 Å². The highest BCUT2D eigenvalue weighted by atomic mass is 19.4. The van der Waals surface area contributed by atoms with Crippen molar-refractivity contribution >= 4 is 17.8 Å². The van der Waals surface area contributed by atoms with Crippen molar-refractivity contribution in [2.45, 2.75) is 44.8 Å². The summed E-state index contributed by atoms with van der Waals surface area (Å²) in [6.07, 6.45) is -4.36. The second-order valence-electron chi connectivity index (χ2n) is 7.33. The van der Waals surface area contributed by atoms with Crippen molar-refractivity contribution in [3.63, 3.8) is 0 Å². The van der Waals surface area contributed by atoms with Gasteiger partial charge in [-0.15, -0.1) is 0 Å². The largest absolute Gasteiger partial charge is 0.469 e. The molecule has 0 saturated heterocycles. The minimum atomic E-state index is -4.43. The van der Waals surface area contributed by atoms with Crippen molar-refractivity contribution in [3.8, 4) is 11.1 Å². The maximum atomic E-state index is 13.0. The van der Waals surface area contributed by atoms with Crippen LogP contribution in [0, 0.1) is 0 Å². The number of esters is 2. The lowest BCUT2D eigenvalue weighted by Gasteiger charge is -2.18. The number of benzene rings is 2. The van der Waals surface area contributed by atoms with E-state index in [2.05, 4.69) is 10.1 Å². The minimum absolute atomic E-state index is 0.0623. The first kappa shape index (κ1) is 25.9. The first-order valence-electron chi connectivity index (χ1n) is 10.4. The Bertz CT molecular complexity index is 957. The van der Waals surface area contributed by atoms with Gasteiger partial charge in [0.05, 0.1) is 32.1 Å². The van der Waals surface area contributed by atoms with Crippen LogP contribution in [0.1, 0.15) is 37.3 Å². The Balaban J connectivity index is 2.11. The van der Waals surface area contributed by atoms with Crippen LogP contribution >= 0.6 is 0 Å². The summed E-state index contributed by atoms with van der Waals surface area (Å²) >= 11 is 0. The Labute approximate surface area is 190 Å². The molecule has 178 valence electrons. The molecular weight excluding hydrogens is 439 g/mol. The summed E-state index contributed by atoms with van der Waals surface area (Å²) in [5, 5.41) is 2.73. The fourth-order valence-electron chi connectivity index (χ4n) is 3.21. The molecule has 2 aromatic rings. The molecule has 1 N–H and O–H groups in total. The zero-order valence-corrected chi connectivity index (χ0v) is 18.4. The number of ether oxygens (including phenoxy) is 2. The predicted octanol–water partition coefficient (Wildman–Crippen LogP) is 4.31. The molecule has 0 heterocycles. The highest BCUT2D eigenvalue weighted by Gasteiger charge is 2.30. The monoisotopic (exact) mass is 465 g/mol. The number of alkyl halides is 3. The average molecular weight is 465 g/mol. The van der Waals surface area contributed by atoms with E-state index in [4.69, 9.17) is 4.74 Å². The maximum Gasteiger partial charge on any atom is 0.416 e.